The third kappa shape index (κ3) is 0.989. The summed E-state index contributed by atoms with van der Waals surface area (Å²) in [6.07, 6.45) is -4.42. The molecule has 1 aliphatic heterocycles. The van der Waals surface area contributed by atoms with Crippen molar-refractivity contribution in [3.05, 3.63) is 17.0 Å². The molecule has 1 aliphatic rings. The number of hydrogen-bond acceptors (Lipinski definition) is 3. The Morgan fingerprint density at radius 2 is 2.08 bits per heavy atom. The fourth-order valence-electron chi connectivity index (χ4n) is 1.19. The number of nitrogens with zero attached hydrogens (tertiary/aromatic N) is 1. The van der Waals surface area contributed by atoms with Crippen molar-refractivity contribution in [2.24, 2.45) is 0 Å². The Labute approximate surface area is 65.5 Å². The average molecular weight is 178 g/mol. The van der Waals surface area contributed by atoms with Gasteiger partial charge in [0.25, 0.3) is 0 Å². The predicted octanol–water partition coefficient (Wildman–Crippen LogP) is 1.30. The molecule has 1 aromatic heterocycles. The Morgan fingerprint density at radius 3 is 2.75 bits per heavy atom. The van der Waals surface area contributed by atoms with Crippen LogP contribution in [0.25, 0.3) is 0 Å². The molecule has 0 aliphatic carbocycles. The Kier molecular flexibility index (Phi) is 1.41. The molecule has 3 nitrogen and oxygen atoms in total. The van der Waals surface area contributed by atoms with Crippen LogP contribution in [0.4, 0.5) is 13.2 Å². The molecule has 0 aromatic carbocycles. The Hall–Kier alpha value is -1.04. The van der Waals surface area contributed by atoms with Gasteiger partial charge in [0.05, 0.1) is 0 Å². The van der Waals surface area contributed by atoms with Gasteiger partial charge in [-0.15, -0.1) is 0 Å². The second-order valence-corrected chi connectivity index (χ2v) is 2.54. The normalized spacial score (nSPS) is 16.6. The molecule has 0 fully saturated rings. The molecule has 0 radical (unpaired) electrons. The van der Waals surface area contributed by atoms with Crippen LogP contribution < -0.4 is 5.32 Å². The SMILES string of the molecule is FC(F)(F)c1onc2c1CNC2. The van der Waals surface area contributed by atoms with Crippen molar-refractivity contribution in [3.63, 3.8) is 0 Å². The second kappa shape index (κ2) is 2.22. The number of aromatic nitrogens is 1. The molecule has 1 aromatic rings. The van der Waals surface area contributed by atoms with Crippen LogP contribution in [0.1, 0.15) is 17.0 Å². The van der Waals surface area contributed by atoms with Crippen LogP contribution in [0.15, 0.2) is 4.52 Å². The molecular weight excluding hydrogens is 173 g/mol. The first-order valence-electron chi connectivity index (χ1n) is 3.34. The molecule has 0 saturated heterocycles. The number of halogens is 3. The van der Waals surface area contributed by atoms with Gasteiger partial charge < -0.3 is 9.84 Å². The van der Waals surface area contributed by atoms with Gasteiger partial charge in [-0.1, -0.05) is 5.16 Å². The molecule has 0 unspecified atom stereocenters. The van der Waals surface area contributed by atoms with Crippen LogP contribution in [0.5, 0.6) is 0 Å². The zero-order valence-corrected chi connectivity index (χ0v) is 5.90. The zero-order valence-electron chi connectivity index (χ0n) is 5.90. The summed E-state index contributed by atoms with van der Waals surface area (Å²) in [5.74, 6) is -0.970. The summed E-state index contributed by atoms with van der Waals surface area (Å²) < 4.78 is 40.5. The van der Waals surface area contributed by atoms with E-state index in [1.54, 1.807) is 0 Å². The molecule has 66 valence electrons. The van der Waals surface area contributed by atoms with E-state index in [1.165, 1.54) is 0 Å². The monoisotopic (exact) mass is 178 g/mol. The van der Waals surface area contributed by atoms with E-state index >= 15 is 0 Å². The number of rotatable bonds is 0. The highest BCUT2D eigenvalue weighted by molar-refractivity contribution is 5.27. The standard InChI is InChI=1S/C6H5F3N2O/c7-6(8,9)5-3-1-10-2-4(3)11-12-5/h10H,1-2H2. The first-order chi connectivity index (χ1) is 5.59. The number of alkyl halides is 3. The lowest BCUT2D eigenvalue weighted by molar-refractivity contribution is -0.156. The summed E-state index contributed by atoms with van der Waals surface area (Å²) in [6.45, 7) is 0.544. The highest BCUT2D eigenvalue weighted by atomic mass is 19.4. The van der Waals surface area contributed by atoms with Gasteiger partial charge in [-0.05, 0) is 0 Å². The maximum atomic E-state index is 12.1. The van der Waals surface area contributed by atoms with E-state index in [-0.39, 0.29) is 12.1 Å². The van der Waals surface area contributed by atoms with E-state index in [2.05, 4.69) is 15.0 Å². The van der Waals surface area contributed by atoms with Crippen LogP contribution in [-0.2, 0) is 19.3 Å². The molecule has 0 saturated carbocycles. The molecular formula is C6H5F3N2O. The van der Waals surface area contributed by atoms with Crippen LogP contribution in [-0.4, -0.2) is 5.16 Å². The van der Waals surface area contributed by atoms with E-state index in [0.717, 1.165) is 0 Å². The van der Waals surface area contributed by atoms with Crippen LogP contribution >= 0.6 is 0 Å². The Morgan fingerprint density at radius 1 is 1.33 bits per heavy atom. The molecule has 0 amide bonds. The minimum atomic E-state index is -4.42. The molecule has 2 rings (SSSR count). The summed E-state index contributed by atoms with van der Waals surface area (Å²) in [5.41, 5.74) is 0.504. The van der Waals surface area contributed by atoms with Crippen molar-refractivity contribution in [3.8, 4) is 0 Å². The van der Waals surface area contributed by atoms with Crippen molar-refractivity contribution < 1.29 is 17.7 Å². The van der Waals surface area contributed by atoms with Crippen molar-refractivity contribution in [2.45, 2.75) is 19.3 Å². The van der Waals surface area contributed by atoms with E-state index in [0.29, 0.717) is 12.2 Å². The van der Waals surface area contributed by atoms with Gasteiger partial charge in [0.1, 0.15) is 5.69 Å². The maximum absolute atomic E-state index is 12.1. The quantitative estimate of drug-likeness (QED) is 0.650. The minimum absolute atomic E-state index is 0.141. The Balaban J connectivity index is 2.46. The van der Waals surface area contributed by atoms with E-state index in [4.69, 9.17) is 0 Å². The van der Waals surface area contributed by atoms with Crippen LogP contribution in [0.2, 0.25) is 0 Å². The summed E-state index contributed by atoms with van der Waals surface area (Å²) in [4.78, 5) is 0. The molecule has 6 heteroatoms. The van der Waals surface area contributed by atoms with Gasteiger partial charge in [0.2, 0.25) is 5.76 Å². The van der Waals surface area contributed by atoms with Gasteiger partial charge in [0.15, 0.2) is 0 Å². The van der Waals surface area contributed by atoms with Gasteiger partial charge in [-0.2, -0.15) is 13.2 Å². The molecule has 0 atom stereocenters. The Bertz CT molecular complexity index is 304. The molecule has 0 bridgehead atoms. The topological polar surface area (TPSA) is 38.1 Å². The highest BCUT2D eigenvalue weighted by Crippen LogP contribution is 2.34. The van der Waals surface area contributed by atoms with Gasteiger partial charge in [-0.3, -0.25) is 0 Å². The van der Waals surface area contributed by atoms with Crippen LogP contribution in [0, 0.1) is 0 Å². The predicted molar refractivity (Wildman–Crippen MR) is 32.0 cm³/mol. The third-order valence-corrected chi connectivity index (χ3v) is 1.72. The van der Waals surface area contributed by atoms with Crippen molar-refractivity contribution in [1.82, 2.24) is 10.5 Å². The first-order valence-corrected chi connectivity index (χ1v) is 3.34. The fourth-order valence-corrected chi connectivity index (χ4v) is 1.19. The summed E-state index contributed by atoms with van der Waals surface area (Å²) in [5, 5.41) is 6.06. The fraction of sp³-hybridized carbons (Fsp3) is 0.500. The lowest BCUT2D eigenvalue weighted by Crippen LogP contribution is -2.08. The number of hydrogen-bond donors (Lipinski definition) is 1. The maximum Gasteiger partial charge on any atom is 0.452 e. The number of nitrogens with one attached hydrogen (secondary N) is 1. The van der Waals surface area contributed by atoms with E-state index in [9.17, 15) is 13.2 Å². The van der Waals surface area contributed by atoms with Crippen molar-refractivity contribution >= 4 is 0 Å². The van der Waals surface area contributed by atoms with Gasteiger partial charge >= 0.3 is 6.18 Å². The molecule has 0 spiro atoms. The van der Waals surface area contributed by atoms with E-state index < -0.39 is 11.9 Å². The molecule has 2 heterocycles. The lowest BCUT2D eigenvalue weighted by Gasteiger charge is -2.01. The van der Waals surface area contributed by atoms with Crippen LogP contribution in [0.3, 0.4) is 0 Å². The van der Waals surface area contributed by atoms with Gasteiger partial charge in [0, 0.05) is 18.7 Å². The van der Waals surface area contributed by atoms with Crippen molar-refractivity contribution in [1.29, 1.82) is 0 Å². The van der Waals surface area contributed by atoms with Crippen molar-refractivity contribution in [2.75, 3.05) is 0 Å². The minimum Gasteiger partial charge on any atom is -0.351 e. The molecule has 1 N–H and O–H groups in total. The average Bonchev–Trinajstić information content (AvgIpc) is 2.37. The highest BCUT2D eigenvalue weighted by Gasteiger charge is 2.41. The summed E-state index contributed by atoms with van der Waals surface area (Å²) >= 11 is 0. The smallest absolute Gasteiger partial charge is 0.351 e. The zero-order chi connectivity index (χ0) is 8.77. The second-order valence-electron chi connectivity index (χ2n) is 2.54. The molecule has 12 heavy (non-hydrogen) atoms. The van der Waals surface area contributed by atoms with E-state index in [1.807, 2.05) is 0 Å². The summed E-state index contributed by atoms with van der Waals surface area (Å²) in [6, 6.07) is 0. The lowest BCUT2D eigenvalue weighted by atomic mass is 10.2. The van der Waals surface area contributed by atoms with Gasteiger partial charge in [-0.25, -0.2) is 0 Å². The third-order valence-electron chi connectivity index (χ3n) is 1.72. The largest absolute Gasteiger partial charge is 0.452 e. The number of fused-ring (bicyclic) bond motifs is 1. The summed E-state index contributed by atoms with van der Waals surface area (Å²) in [7, 11) is 0. The first kappa shape index (κ1) is 7.60.